The zero-order chi connectivity index (χ0) is 9.80. The van der Waals surface area contributed by atoms with Crippen LogP contribution in [0.4, 0.5) is 0 Å². The van der Waals surface area contributed by atoms with Crippen LogP contribution in [0.25, 0.3) is 0 Å². The highest BCUT2D eigenvalue weighted by Crippen LogP contribution is 2.33. The molecule has 0 aromatic carbocycles. The minimum absolute atomic E-state index is 0.746. The lowest BCUT2D eigenvalue weighted by Crippen LogP contribution is -2.39. The summed E-state index contributed by atoms with van der Waals surface area (Å²) in [4.78, 5) is 2.53. The largest absolute Gasteiger partial charge is 0.312 e. The van der Waals surface area contributed by atoms with E-state index in [1.807, 2.05) is 0 Å². The Morgan fingerprint density at radius 2 is 2.29 bits per heavy atom. The highest BCUT2D eigenvalue weighted by Gasteiger charge is 2.32. The molecule has 1 aliphatic carbocycles. The lowest BCUT2D eigenvalue weighted by atomic mass is 10.2. The predicted octanol–water partition coefficient (Wildman–Crippen LogP) is 1.08. The fourth-order valence-electron chi connectivity index (χ4n) is 2.26. The zero-order valence-electron chi connectivity index (χ0n) is 8.84. The molecule has 2 heteroatoms. The van der Waals surface area contributed by atoms with Gasteiger partial charge < -0.3 is 10.2 Å². The Kier molecular flexibility index (Phi) is 3.44. The first-order chi connectivity index (χ1) is 6.90. The molecule has 0 spiro atoms. The van der Waals surface area contributed by atoms with Crippen LogP contribution >= 0.6 is 0 Å². The van der Waals surface area contributed by atoms with Gasteiger partial charge in [0.15, 0.2) is 0 Å². The average Bonchev–Trinajstić information content (AvgIpc) is 3.00. The van der Waals surface area contributed by atoms with Gasteiger partial charge in [-0.25, -0.2) is 0 Å². The Morgan fingerprint density at radius 1 is 1.43 bits per heavy atom. The van der Waals surface area contributed by atoms with Crippen molar-refractivity contribution in [2.24, 2.45) is 5.92 Å². The van der Waals surface area contributed by atoms with Gasteiger partial charge in [-0.3, -0.25) is 0 Å². The van der Waals surface area contributed by atoms with Crippen molar-refractivity contribution in [2.75, 3.05) is 26.2 Å². The van der Waals surface area contributed by atoms with Gasteiger partial charge >= 0.3 is 0 Å². The van der Waals surface area contributed by atoms with Gasteiger partial charge in [-0.05, 0) is 38.3 Å². The molecule has 78 valence electrons. The van der Waals surface area contributed by atoms with E-state index in [4.69, 9.17) is 6.42 Å². The monoisotopic (exact) mass is 192 g/mol. The minimum atomic E-state index is 0.746. The second kappa shape index (κ2) is 4.82. The predicted molar refractivity (Wildman–Crippen MR) is 59.0 cm³/mol. The smallest absolute Gasteiger partial charge is 0.0223 e. The molecule has 1 heterocycles. The molecule has 0 radical (unpaired) electrons. The second-order valence-electron chi connectivity index (χ2n) is 4.51. The maximum Gasteiger partial charge on any atom is 0.0223 e. The molecule has 14 heavy (non-hydrogen) atoms. The van der Waals surface area contributed by atoms with Crippen molar-refractivity contribution >= 4 is 0 Å². The quantitative estimate of drug-likeness (QED) is 0.673. The lowest BCUT2D eigenvalue weighted by Gasteiger charge is -2.23. The van der Waals surface area contributed by atoms with Crippen molar-refractivity contribution in [1.29, 1.82) is 0 Å². The van der Waals surface area contributed by atoms with Crippen molar-refractivity contribution in [1.82, 2.24) is 10.2 Å². The molecule has 2 rings (SSSR count). The number of nitrogens with one attached hydrogen (secondary N) is 1. The fourth-order valence-corrected chi connectivity index (χ4v) is 2.26. The van der Waals surface area contributed by atoms with Crippen molar-refractivity contribution in [3.8, 4) is 12.3 Å². The van der Waals surface area contributed by atoms with E-state index in [9.17, 15) is 0 Å². The van der Waals surface area contributed by atoms with Crippen LogP contribution in [0.3, 0.4) is 0 Å². The van der Waals surface area contributed by atoms with E-state index in [0.29, 0.717) is 0 Å². The number of rotatable bonds is 3. The topological polar surface area (TPSA) is 15.3 Å². The number of nitrogens with zero attached hydrogens (tertiary/aromatic N) is 1. The van der Waals surface area contributed by atoms with E-state index in [-0.39, 0.29) is 0 Å². The number of terminal acetylenes is 1. The van der Waals surface area contributed by atoms with Crippen molar-refractivity contribution in [2.45, 2.75) is 31.7 Å². The molecule has 1 N–H and O–H groups in total. The van der Waals surface area contributed by atoms with Crippen LogP contribution in [0.15, 0.2) is 0 Å². The Balaban J connectivity index is 1.80. The molecule has 0 bridgehead atoms. The summed E-state index contributed by atoms with van der Waals surface area (Å²) in [6, 6.07) is 0.746. The Hall–Kier alpha value is -0.520. The Morgan fingerprint density at radius 3 is 3.00 bits per heavy atom. The summed E-state index contributed by atoms with van der Waals surface area (Å²) in [5.74, 6) is 3.69. The van der Waals surface area contributed by atoms with Crippen molar-refractivity contribution in [3.05, 3.63) is 0 Å². The highest BCUT2D eigenvalue weighted by molar-refractivity contribution is 4.91. The van der Waals surface area contributed by atoms with Crippen molar-refractivity contribution < 1.29 is 0 Å². The normalized spacial score (nSPS) is 29.5. The molecule has 1 saturated heterocycles. The summed E-state index contributed by atoms with van der Waals surface area (Å²) in [6.45, 7) is 4.71. The first kappa shape index (κ1) is 10.0. The van der Waals surface area contributed by atoms with Crippen LogP contribution in [-0.2, 0) is 0 Å². The van der Waals surface area contributed by atoms with Gasteiger partial charge in [-0.15, -0.1) is 12.3 Å². The van der Waals surface area contributed by atoms with Gasteiger partial charge in [-0.2, -0.15) is 0 Å². The SMILES string of the molecule is C#CCCN1CCCNC(C2CC2)C1. The van der Waals surface area contributed by atoms with Gasteiger partial charge in [0.25, 0.3) is 0 Å². The molecule has 2 aliphatic rings. The Bertz CT molecular complexity index is 215. The van der Waals surface area contributed by atoms with E-state index in [2.05, 4.69) is 16.1 Å². The van der Waals surface area contributed by atoms with Crippen LogP contribution < -0.4 is 5.32 Å². The molecular formula is C12H20N2. The summed E-state index contributed by atoms with van der Waals surface area (Å²) < 4.78 is 0. The molecule has 1 unspecified atom stereocenters. The van der Waals surface area contributed by atoms with Gasteiger partial charge in [-0.1, -0.05) is 0 Å². The van der Waals surface area contributed by atoms with Crippen LogP contribution in [-0.4, -0.2) is 37.1 Å². The standard InChI is InChI=1S/C12H20N2/c1-2-3-8-14-9-4-7-13-12(10-14)11-5-6-11/h1,11-13H,3-10H2. The van der Waals surface area contributed by atoms with E-state index < -0.39 is 0 Å². The first-order valence-corrected chi connectivity index (χ1v) is 5.79. The first-order valence-electron chi connectivity index (χ1n) is 5.79. The molecule has 1 saturated carbocycles. The molecule has 1 aliphatic heterocycles. The summed E-state index contributed by atoms with van der Waals surface area (Å²) in [7, 11) is 0. The van der Waals surface area contributed by atoms with E-state index in [0.717, 1.165) is 24.9 Å². The maximum absolute atomic E-state index is 5.30. The molecular weight excluding hydrogens is 172 g/mol. The van der Waals surface area contributed by atoms with E-state index >= 15 is 0 Å². The fraction of sp³-hybridized carbons (Fsp3) is 0.833. The molecule has 1 atom stereocenters. The third-order valence-electron chi connectivity index (χ3n) is 3.28. The summed E-state index contributed by atoms with van der Waals surface area (Å²) in [5.41, 5.74) is 0. The summed E-state index contributed by atoms with van der Waals surface area (Å²) in [6.07, 6.45) is 10.3. The van der Waals surface area contributed by atoms with Crippen LogP contribution in [0.1, 0.15) is 25.7 Å². The zero-order valence-corrected chi connectivity index (χ0v) is 8.84. The molecule has 0 aromatic rings. The van der Waals surface area contributed by atoms with Gasteiger partial charge in [0.05, 0.1) is 0 Å². The second-order valence-corrected chi connectivity index (χ2v) is 4.51. The molecule has 0 amide bonds. The molecule has 0 aromatic heterocycles. The third-order valence-corrected chi connectivity index (χ3v) is 3.28. The molecule has 2 nitrogen and oxygen atoms in total. The minimum Gasteiger partial charge on any atom is -0.312 e. The number of hydrogen-bond acceptors (Lipinski definition) is 2. The third kappa shape index (κ3) is 2.73. The van der Waals surface area contributed by atoms with Gasteiger partial charge in [0, 0.05) is 25.6 Å². The van der Waals surface area contributed by atoms with Crippen LogP contribution in [0.5, 0.6) is 0 Å². The van der Waals surface area contributed by atoms with Crippen LogP contribution in [0, 0.1) is 18.3 Å². The summed E-state index contributed by atoms with van der Waals surface area (Å²) >= 11 is 0. The van der Waals surface area contributed by atoms with Crippen molar-refractivity contribution in [3.63, 3.8) is 0 Å². The van der Waals surface area contributed by atoms with E-state index in [1.54, 1.807) is 0 Å². The Labute approximate surface area is 87.1 Å². The lowest BCUT2D eigenvalue weighted by molar-refractivity contribution is 0.264. The molecule has 2 fully saturated rings. The van der Waals surface area contributed by atoms with Crippen LogP contribution in [0.2, 0.25) is 0 Å². The van der Waals surface area contributed by atoms with Gasteiger partial charge in [0.2, 0.25) is 0 Å². The average molecular weight is 192 g/mol. The van der Waals surface area contributed by atoms with Gasteiger partial charge in [0.1, 0.15) is 0 Å². The highest BCUT2D eigenvalue weighted by atomic mass is 15.2. The number of hydrogen-bond donors (Lipinski definition) is 1. The maximum atomic E-state index is 5.30. The van der Waals surface area contributed by atoms with E-state index in [1.165, 1.54) is 38.9 Å². The summed E-state index contributed by atoms with van der Waals surface area (Å²) in [5, 5.41) is 3.66.